The van der Waals surface area contributed by atoms with Gasteiger partial charge in [0, 0.05) is 69.7 Å². The lowest BCUT2D eigenvalue weighted by molar-refractivity contribution is 0.351. The first-order valence-corrected chi connectivity index (χ1v) is 18.6. The van der Waals surface area contributed by atoms with E-state index in [0.717, 1.165) is 103 Å². The number of rotatable bonds is 17. The Balaban J connectivity index is 2.33. The zero-order valence-electron chi connectivity index (χ0n) is 34.1. The fourth-order valence-electron chi connectivity index (χ4n) is 7.54. The van der Waals surface area contributed by atoms with Gasteiger partial charge in [0.25, 0.3) is 0 Å². The van der Waals surface area contributed by atoms with Crippen molar-refractivity contribution < 1.29 is 28.4 Å². The first-order chi connectivity index (χ1) is 25.0. The van der Waals surface area contributed by atoms with Gasteiger partial charge >= 0.3 is 0 Å². The second-order valence-electron chi connectivity index (χ2n) is 13.9. The summed E-state index contributed by atoms with van der Waals surface area (Å²) in [4.78, 5) is 9.73. The van der Waals surface area contributed by atoms with Crippen molar-refractivity contribution in [2.75, 3.05) is 55.7 Å². The molecule has 0 spiro atoms. The Kier molecular flexibility index (Phi) is 13.8. The standard InChI is InChI=1S/C44H60N2O6/c1-15-17-19-45-23-31-37-29(33(25(3)4)43(51-13)39(31)47-9)21-27(7)35(41(37)49-11)36-28(8)22-30-34(26(5)6)44(52-14)40(48-10)32(24-46-20-18-16-2)38(30)42(36)50-12/h21-26H,15-20H2,1-14H3. The monoisotopic (exact) mass is 712 g/mol. The van der Waals surface area contributed by atoms with Gasteiger partial charge in [0.15, 0.2) is 23.0 Å². The summed E-state index contributed by atoms with van der Waals surface area (Å²) in [5.41, 5.74) is 7.70. The molecule has 0 radical (unpaired) electrons. The zero-order chi connectivity index (χ0) is 38.3. The third kappa shape index (κ3) is 7.26. The highest BCUT2D eigenvalue weighted by atomic mass is 16.5. The quantitative estimate of drug-likeness (QED) is 0.0801. The Morgan fingerprint density at radius 2 is 0.846 bits per heavy atom. The topological polar surface area (TPSA) is 80.1 Å². The summed E-state index contributed by atoms with van der Waals surface area (Å²) in [6, 6.07) is 4.50. The van der Waals surface area contributed by atoms with E-state index in [1.165, 1.54) is 0 Å². The molecule has 0 aliphatic rings. The summed E-state index contributed by atoms with van der Waals surface area (Å²) in [7, 11) is 10.3. The molecule has 4 rings (SSSR count). The van der Waals surface area contributed by atoms with E-state index in [-0.39, 0.29) is 11.8 Å². The molecule has 0 heterocycles. The van der Waals surface area contributed by atoms with Crippen LogP contribution in [0, 0.1) is 13.8 Å². The summed E-state index contributed by atoms with van der Waals surface area (Å²) in [5.74, 6) is 4.41. The fraction of sp³-hybridized carbons (Fsp3) is 0.500. The summed E-state index contributed by atoms with van der Waals surface area (Å²) in [5, 5.41) is 3.92. The smallest absolute Gasteiger partial charge is 0.170 e. The van der Waals surface area contributed by atoms with Gasteiger partial charge in [-0.15, -0.1) is 0 Å². The number of nitrogens with zero attached hydrogens (tertiary/aromatic N) is 2. The van der Waals surface area contributed by atoms with Crippen molar-refractivity contribution in [2.45, 2.75) is 92.9 Å². The Labute approximate surface area is 311 Å². The molecule has 0 atom stereocenters. The summed E-state index contributed by atoms with van der Waals surface area (Å²) in [6.45, 7) is 18.7. The van der Waals surface area contributed by atoms with Crippen molar-refractivity contribution >= 4 is 34.0 Å². The first kappa shape index (κ1) is 40.3. The van der Waals surface area contributed by atoms with Crippen LogP contribution in [0.15, 0.2) is 22.1 Å². The molecule has 0 aromatic heterocycles. The molecular formula is C44H60N2O6. The minimum absolute atomic E-state index is 0.135. The number of unbranched alkanes of at least 4 members (excludes halogenated alkanes) is 2. The van der Waals surface area contributed by atoms with E-state index in [0.29, 0.717) is 36.1 Å². The van der Waals surface area contributed by atoms with Crippen molar-refractivity contribution in [1.29, 1.82) is 0 Å². The van der Waals surface area contributed by atoms with E-state index in [1.807, 2.05) is 12.4 Å². The van der Waals surface area contributed by atoms with Gasteiger partial charge in [0.2, 0.25) is 0 Å². The maximum Gasteiger partial charge on any atom is 0.170 e. The normalized spacial score (nSPS) is 11.9. The van der Waals surface area contributed by atoms with Crippen LogP contribution in [-0.2, 0) is 0 Å². The van der Waals surface area contributed by atoms with Crippen molar-refractivity contribution in [2.24, 2.45) is 9.98 Å². The largest absolute Gasteiger partial charge is 0.495 e. The predicted octanol–water partition coefficient (Wildman–Crippen LogP) is 11.0. The number of aryl methyl sites for hydroxylation is 2. The molecule has 282 valence electrons. The van der Waals surface area contributed by atoms with Crippen molar-refractivity contribution in [3.8, 4) is 45.6 Å². The van der Waals surface area contributed by atoms with Crippen LogP contribution >= 0.6 is 0 Å². The number of methoxy groups -OCH3 is 6. The molecule has 0 amide bonds. The minimum atomic E-state index is 0.135. The van der Waals surface area contributed by atoms with E-state index in [4.69, 9.17) is 38.4 Å². The molecule has 0 unspecified atom stereocenters. The summed E-state index contributed by atoms with van der Waals surface area (Å²) >= 11 is 0. The van der Waals surface area contributed by atoms with Gasteiger partial charge < -0.3 is 28.4 Å². The number of benzene rings is 4. The third-order valence-electron chi connectivity index (χ3n) is 9.82. The van der Waals surface area contributed by atoms with Crippen LogP contribution in [-0.4, -0.2) is 68.2 Å². The maximum absolute atomic E-state index is 6.52. The SMILES string of the molecule is CCCCN=Cc1c(OC)c(OC)c(C(C)C)c2cc(C)c(-c3c(C)cc4c(C(C)C)c(OC)c(OC)c(C=NCCCC)c4c3OC)c(OC)c12. The van der Waals surface area contributed by atoms with Crippen molar-refractivity contribution in [3.63, 3.8) is 0 Å². The lowest BCUT2D eigenvalue weighted by atomic mass is 9.83. The van der Waals surface area contributed by atoms with Crippen LogP contribution in [0.2, 0.25) is 0 Å². The molecule has 0 fully saturated rings. The van der Waals surface area contributed by atoms with E-state index in [9.17, 15) is 0 Å². The van der Waals surface area contributed by atoms with Gasteiger partial charge in [-0.25, -0.2) is 0 Å². The number of hydrogen-bond acceptors (Lipinski definition) is 8. The highest BCUT2D eigenvalue weighted by molar-refractivity contribution is 6.15. The van der Waals surface area contributed by atoms with Crippen LogP contribution in [0.5, 0.6) is 34.5 Å². The van der Waals surface area contributed by atoms with Gasteiger partial charge in [-0.3, -0.25) is 9.98 Å². The number of hydrogen-bond donors (Lipinski definition) is 0. The van der Waals surface area contributed by atoms with Gasteiger partial charge in [-0.2, -0.15) is 0 Å². The predicted molar refractivity (Wildman–Crippen MR) is 219 cm³/mol. The van der Waals surface area contributed by atoms with Gasteiger partial charge in [0.05, 0.1) is 42.7 Å². The molecule has 0 saturated carbocycles. The second-order valence-corrected chi connectivity index (χ2v) is 13.9. The molecule has 0 aliphatic carbocycles. The Morgan fingerprint density at radius 1 is 0.519 bits per heavy atom. The summed E-state index contributed by atoms with van der Waals surface area (Å²) in [6.07, 6.45) is 7.93. The fourth-order valence-corrected chi connectivity index (χ4v) is 7.54. The molecule has 4 aromatic carbocycles. The molecule has 0 aliphatic heterocycles. The van der Waals surface area contributed by atoms with Gasteiger partial charge in [-0.1, -0.05) is 66.5 Å². The Hall–Kier alpha value is -4.46. The van der Waals surface area contributed by atoms with Crippen LogP contribution < -0.4 is 28.4 Å². The molecule has 0 bridgehead atoms. The number of aliphatic imine (C=N–C) groups is 2. The van der Waals surface area contributed by atoms with Crippen molar-refractivity contribution in [3.05, 3.63) is 45.5 Å². The van der Waals surface area contributed by atoms with Crippen LogP contribution in [0.3, 0.4) is 0 Å². The van der Waals surface area contributed by atoms with Crippen LogP contribution in [0.1, 0.15) is 112 Å². The van der Waals surface area contributed by atoms with E-state index in [2.05, 4.69) is 67.5 Å². The first-order valence-electron chi connectivity index (χ1n) is 18.6. The lowest BCUT2D eigenvalue weighted by Gasteiger charge is -2.27. The molecule has 0 saturated heterocycles. The maximum atomic E-state index is 6.52. The van der Waals surface area contributed by atoms with E-state index >= 15 is 0 Å². The van der Waals surface area contributed by atoms with Gasteiger partial charge in [-0.05, 0) is 60.4 Å². The Bertz CT molecular complexity index is 1820. The molecule has 0 N–H and O–H groups in total. The second kappa shape index (κ2) is 17.8. The van der Waals surface area contributed by atoms with E-state index < -0.39 is 0 Å². The molecule has 8 nitrogen and oxygen atoms in total. The average Bonchev–Trinajstić information content (AvgIpc) is 3.12. The minimum Gasteiger partial charge on any atom is -0.495 e. The number of ether oxygens (including phenoxy) is 6. The van der Waals surface area contributed by atoms with Crippen molar-refractivity contribution in [1.82, 2.24) is 0 Å². The van der Waals surface area contributed by atoms with Crippen LogP contribution in [0.25, 0.3) is 32.7 Å². The third-order valence-corrected chi connectivity index (χ3v) is 9.82. The van der Waals surface area contributed by atoms with E-state index in [1.54, 1.807) is 42.7 Å². The Morgan fingerprint density at radius 3 is 1.12 bits per heavy atom. The summed E-state index contributed by atoms with van der Waals surface area (Å²) < 4.78 is 37.5. The number of fused-ring (bicyclic) bond motifs is 2. The molecule has 52 heavy (non-hydrogen) atoms. The molecule has 4 aromatic rings. The lowest BCUT2D eigenvalue weighted by Crippen LogP contribution is -2.08. The molecule has 8 heteroatoms. The average molecular weight is 713 g/mol. The molecular weight excluding hydrogens is 652 g/mol. The highest BCUT2D eigenvalue weighted by Gasteiger charge is 2.31. The zero-order valence-corrected chi connectivity index (χ0v) is 34.1. The highest BCUT2D eigenvalue weighted by Crippen LogP contribution is 2.55. The van der Waals surface area contributed by atoms with Crippen LogP contribution in [0.4, 0.5) is 0 Å². The van der Waals surface area contributed by atoms with Gasteiger partial charge in [0.1, 0.15) is 11.5 Å².